The van der Waals surface area contributed by atoms with Crippen LogP contribution in [0.3, 0.4) is 0 Å². The Labute approximate surface area is 129 Å². The van der Waals surface area contributed by atoms with Gasteiger partial charge in [-0.05, 0) is 43.9 Å². The molecule has 1 aromatic carbocycles. The molecule has 1 heterocycles. The predicted octanol–water partition coefficient (Wildman–Crippen LogP) is 4.59. The van der Waals surface area contributed by atoms with Crippen LogP contribution in [0.15, 0.2) is 34.3 Å². The van der Waals surface area contributed by atoms with Gasteiger partial charge in [-0.2, -0.15) is 0 Å². The number of hydrogen-bond acceptors (Lipinski definition) is 2. The Bertz CT molecular complexity index is 540. The average Bonchev–Trinajstić information content (AvgIpc) is 2.38. The molecule has 3 heteroatoms. The van der Waals surface area contributed by atoms with Crippen LogP contribution >= 0.6 is 15.9 Å². The van der Waals surface area contributed by atoms with Gasteiger partial charge in [-0.3, -0.25) is 0 Å². The van der Waals surface area contributed by atoms with Gasteiger partial charge in [0.15, 0.2) is 0 Å². The van der Waals surface area contributed by atoms with E-state index < -0.39 is 0 Å². The van der Waals surface area contributed by atoms with Crippen molar-refractivity contribution in [3.63, 3.8) is 0 Å². The number of nitrogens with two attached hydrogens (primary N) is 1. The van der Waals surface area contributed by atoms with Gasteiger partial charge in [0.05, 0.1) is 0 Å². The molecule has 0 amide bonds. The first-order chi connectivity index (χ1) is 9.52. The highest BCUT2D eigenvalue weighted by atomic mass is 79.9. The van der Waals surface area contributed by atoms with Crippen LogP contribution in [0, 0.1) is 11.8 Å². The molecule has 1 aliphatic heterocycles. The first-order valence-corrected chi connectivity index (χ1v) is 8.21. The molecule has 1 aromatic rings. The fourth-order valence-corrected chi connectivity index (χ4v) is 4.05. The van der Waals surface area contributed by atoms with Crippen molar-refractivity contribution in [1.29, 1.82) is 0 Å². The third-order valence-electron chi connectivity index (χ3n) is 4.49. The molecular formula is C17H22BrNO. The van der Waals surface area contributed by atoms with E-state index >= 15 is 0 Å². The maximum atomic E-state index is 6.37. The van der Waals surface area contributed by atoms with Gasteiger partial charge in [-0.25, -0.2) is 0 Å². The lowest BCUT2D eigenvalue weighted by Gasteiger charge is -2.38. The molecule has 3 unspecified atom stereocenters. The minimum atomic E-state index is 0.0859. The molecule has 0 saturated heterocycles. The van der Waals surface area contributed by atoms with E-state index in [1.165, 1.54) is 12.0 Å². The number of fused-ring (bicyclic) bond motifs is 1. The van der Waals surface area contributed by atoms with Crippen LogP contribution in [-0.2, 0) is 0 Å². The molecule has 0 aromatic heterocycles. The Balaban J connectivity index is 1.81. The van der Waals surface area contributed by atoms with E-state index in [9.17, 15) is 0 Å². The number of rotatable bonds is 1. The monoisotopic (exact) mass is 335 g/mol. The number of halogens is 1. The van der Waals surface area contributed by atoms with Crippen molar-refractivity contribution >= 4 is 15.9 Å². The molecule has 20 heavy (non-hydrogen) atoms. The Morgan fingerprint density at radius 2 is 2.10 bits per heavy atom. The molecule has 108 valence electrons. The van der Waals surface area contributed by atoms with Gasteiger partial charge in [0.2, 0.25) is 0 Å². The van der Waals surface area contributed by atoms with Crippen LogP contribution in [0.1, 0.15) is 44.7 Å². The fourth-order valence-electron chi connectivity index (χ4n) is 3.67. The summed E-state index contributed by atoms with van der Waals surface area (Å²) in [4.78, 5) is 0. The molecule has 3 rings (SSSR count). The molecule has 2 aliphatic rings. The Morgan fingerprint density at radius 3 is 2.85 bits per heavy atom. The van der Waals surface area contributed by atoms with Gasteiger partial charge in [-0.15, -0.1) is 0 Å². The van der Waals surface area contributed by atoms with Gasteiger partial charge in [-0.1, -0.05) is 34.5 Å². The molecular weight excluding hydrogens is 314 g/mol. The van der Waals surface area contributed by atoms with Crippen molar-refractivity contribution in [2.24, 2.45) is 17.6 Å². The smallest absolute Gasteiger partial charge is 0.124 e. The Hall–Kier alpha value is -0.800. The minimum absolute atomic E-state index is 0.0859. The lowest BCUT2D eigenvalue weighted by Crippen LogP contribution is -2.37. The van der Waals surface area contributed by atoms with E-state index in [1.807, 2.05) is 12.1 Å². The normalized spacial score (nSPS) is 33.1. The summed E-state index contributed by atoms with van der Waals surface area (Å²) in [6.07, 6.45) is 5.93. The van der Waals surface area contributed by atoms with Crippen molar-refractivity contribution in [3.05, 3.63) is 39.9 Å². The molecule has 0 radical (unpaired) electrons. The second kappa shape index (κ2) is 5.53. The SMILES string of the molecule is CC1=CC(C)CC(C2C[C@@H](N)c3cc(Br)ccc3O2)C1. The number of allylic oxidation sites excluding steroid dienone is 2. The standard InChI is InChI=1S/C17H22BrNO/c1-10-5-11(2)7-12(6-10)17-9-15(19)14-8-13(18)3-4-16(14)20-17/h3-5,8,10,12,15,17H,6-7,9,19H2,1-2H3/t10?,12?,15-,17?/m1/s1. The number of benzene rings is 1. The highest BCUT2D eigenvalue weighted by molar-refractivity contribution is 9.10. The van der Waals surface area contributed by atoms with Gasteiger partial charge < -0.3 is 10.5 Å². The summed E-state index contributed by atoms with van der Waals surface area (Å²) in [6, 6.07) is 6.25. The first-order valence-electron chi connectivity index (χ1n) is 7.42. The van der Waals surface area contributed by atoms with Gasteiger partial charge in [0, 0.05) is 28.4 Å². The Morgan fingerprint density at radius 1 is 1.30 bits per heavy atom. The third kappa shape index (κ3) is 2.79. The second-order valence-electron chi connectivity index (χ2n) is 6.37. The van der Waals surface area contributed by atoms with E-state index in [2.05, 4.69) is 41.9 Å². The maximum Gasteiger partial charge on any atom is 0.124 e. The highest BCUT2D eigenvalue weighted by Crippen LogP contribution is 2.41. The van der Waals surface area contributed by atoms with E-state index in [-0.39, 0.29) is 12.1 Å². The summed E-state index contributed by atoms with van der Waals surface area (Å²) in [5, 5.41) is 0. The lowest BCUT2D eigenvalue weighted by atomic mass is 9.78. The van der Waals surface area contributed by atoms with Crippen molar-refractivity contribution < 1.29 is 4.74 Å². The summed E-state index contributed by atoms with van der Waals surface area (Å²) in [5.41, 5.74) is 8.99. The van der Waals surface area contributed by atoms with Gasteiger partial charge in [0.25, 0.3) is 0 Å². The van der Waals surface area contributed by atoms with Crippen molar-refractivity contribution in [1.82, 2.24) is 0 Å². The summed E-state index contributed by atoms with van der Waals surface area (Å²) in [7, 11) is 0. The van der Waals surface area contributed by atoms with Crippen molar-refractivity contribution in [3.8, 4) is 5.75 Å². The lowest BCUT2D eigenvalue weighted by molar-refractivity contribution is 0.0857. The van der Waals surface area contributed by atoms with Crippen molar-refractivity contribution in [2.45, 2.75) is 45.3 Å². The van der Waals surface area contributed by atoms with Crippen LogP contribution in [-0.4, -0.2) is 6.10 Å². The predicted molar refractivity (Wildman–Crippen MR) is 85.7 cm³/mol. The summed E-state index contributed by atoms with van der Waals surface area (Å²) >= 11 is 3.51. The van der Waals surface area contributed by atoms with Crippen LogP contribution in [0.2, 0.25) is 0 Å². The van der Waals surface area contributed by atoms with Crippen molar-refractivity contribution in [2.75, 3.05) is 0 Å². The van der Waals surface area contributed by atoms with E-state index in [1.54, 1.807) is 0 Å². The molecule has 2 nitrogen and oxygen atoms in total. The van der Waals surface area contributed by atoms with Gasteiger partial charge >= 0.3 is 0 Å². The zero-order valence-corrected chi connectivity index (χ0v) is 13.7. The van der Waals surface area contributed by atoms with E-state index in [0.717, 1.165) is 28.6 Å². The van der Waals surface area contributed by atoms with Crippen LogP contribution in [0.25, 0.3) is 0 Å². The van der Waals surface area contributed by atoms with Crippen LogP contribution < -0.4 is 10.5 Å². The van der Waals surface area contributed by atoms with Crippen LogP contribution in [0.5, 0.6) is 5.75 Å². The summed E-state index contributed by atoms with van der Waals surface area (Å²) in [5.74, 6) is 2.22. The zero-order chi connectivity index (χ0) is 14.3. The molecule has 0 fully saturated rings. The summed E-state index contributed by atoms with van der Waals surface area (Å²) < 4.78 is 7.33. The largest absolute Gasteiger partial charge is 0.490 e. The number of ether oxygens (including phenoxy) is 1. The highest BCUT2D eigenvalue weighted by Gasteiger charge is 2.33. The average molecular weight is 336 g/mol. The molecule has 4 atom stereocenters. The third-order valence-corrected chi connectivity index (χ3v) is 4.98. The molecule has 2 N–H and O–H groups in total. The fraction of sp³-hybridized carbons (Fsp3) is 0.529. The second-order valence-corrected chi connectivity index (χ2v) is 7.29. The Kier molecular flexibility index (Phi) is 3.91. The molecule has 0 bridgehead atoms. The minimum Gasteiger partial charge on any atom is -0.490 e. The quantitative estimate of drug-likeness (QED) is 0.761. The molecule has 1 aliphatic carbocycles. The summed E-state index contributed by atoms with van der Waals surface area (Å²) in [6.45, 7) is 4.53. The van der Waals surface area contributed by atoms with E-state index in [4.69, 9.17) is 10.5 Å². The molecule has 0 saturated carbocycles. The number of hydrogen-bond donors (Lipinski definition) is 1. The topological polar surface area (TPSA) is 35.2 Å². The van der Waals surface area contributed by atoms with E-state index in [0.29, 0.717) is 11.8 Å². The van der Waals surface area contributed by atoms with Crippen LogP contribution in [0.4, 0.5) is 0 Å². The first kappa shape index (κ1) is 14.2. The maximum absolute atomic E-state index is 6.37. The molecule has 0 spiro atoms. The zero-order valence-electron chi connectivity index (χ0n) is 12.1. The van der Waals surface area contributed by atoms with Gasteiger partial charge in [0.1, 0.15) is 11.9 Å².